The lowest BCUT2D eigenvalue weighted by molar-refractivity contribution is -0.0221. The van der Waals surface area contributed by atoms with Crippen LogP contribution in [0.25, 0.3) is 0 Å². The fourth-order valence-electron chi connectivity index (χ4n) is 1.63. The van der Waals surface area contributed by atoms with Crippen molar-refractivity contribution >= 4 is 10.0 Å². The Morgan fingerprint density at radius 3 is 2.81 bits per heavy atom. The summed E-state index contributed by atoms with van der Waals surface area (Å²) in [6, 6.07) is -0.135. The van der Waals surface area contributed by atoms with E-state index in [1.54, 1.807) is 0 Å². The van der Waals surface area contributed by atoms with Crippen LogP contribution < -0.4 is 5.73 Å². The van der Waals surface area contributed by atoms with Crippen molar-refractivity contribution in [3.05, 3.63) is 0 Å². The standard InChI is InChI=1S/C9H20N2O4S/c1-8-7-15-9(5-10)6-11(8)16(12,13)4-3-14-2/h8-9H,3-7,10H2,1-2H3. The van der Waals surface area contributed by atoms with E-state index in [9.17, 15) is 8.42 Å². The maximum atomic E-state index is 12.0. The van der Waals surface area contributed by atoms with Crippen LogP contribution in [0.2, 0.25) is 0 Å². The van der Waals surface area contributed by atoms with E-state index >= 15 is 0 Å². The molecule has 0 spiro atoms. The molecule has 1 rings (SSSR count). The highest BCUT2D eigenvalue weighted by molar-refractivity contribution is 7.89. The first kappa shape index (κ1) is 13.9. The molecule has 0 amide bonds. The topological polar surface area (TPSA) is 81.9 Å². The minimum Gasteiger partial charge on any atom is -0.384 e. The zero-order valence-corrected chi connectivity index (χ0v) is 10.6. The number of nitrogens with zero attached hydrogens (tertiary/aromatic N) is 1. The summed E-state index contributed by atoms with van der Waals surface area (Å²) in [6.45, 7) is 3.11. The van der Waals surface area contributed by atoms with E-state index in [2.05, 4.69) is 0 Å². The molecule has 1 aliphatic rings. The first-order valence-electron chi connectivity index (χ1n) is 5.31. The number of methoxy groups -OCH3 is 1. The van der Waals surface area contributed by atoms with Gasteiger partial charge in [-0.1, -0.05) is 0 Å². The molecule has 0 bridgehead atoms. The van der Waals surface area contributed by atoms with Crippen LogP contribution in [0.5, 0.6) is 0 Å². The molecule has 0 aliphatic carbocycles. The molecule has 2 N–H and O–H groups in total. The van der Waals surface area contributed by atoms with E-state index in [4.69, 9.17) is 15.2 Å². The second-order valence-electron chi connectivity index (χ2n) is 3.92. The Morgan fingerprint density at radius 1 is 1.56 bits per heavy atom. The largest absolute Gasteiger partial charge is 0.384 e. The lowest BCUT2D eigenvalue weighted by Crippen LogP contribution is -2.53. The molecular weight excluding hydrogens is 232 g/mol. The minimum atomic E-state index is -3.26. The monoisotopic (exact) mass is 252 g/mol. The molecular formula is C9H20N2O4S. The Bertz CT molecular complexity index is 307. The van der Waals surface area contributed by atoms with Crippen molar-refractivity contribution in [2.24, 2.45) is 5.73 Å². The van der Waals surface area contributed by atoms with E-state index in [1.165, 1.54) is 11.4 Å². The highest BCUT2D eigenvalue weighted by Gasteiger charge is 2.33. The molecule has 16 heavy (non-hydrogen) atoms. The van der Waals surface area contributed by atoms with Gasteiger partial charge < -0.3 is 15.2 Å². The SMILES string of the molecule is COCCS(=O)(=O)N1CC(CN)OCC1C. The third kappa shape index (κ3) is 3.39. The normalized spacial score (nSPS) is 28.2. The summed E-state index contributed by atoms with van der Waals surface area (Å²) in [4.78, 5) is 0. The first-order chi connectivity index (χ1) is 7.51. The second-order valence-corrected chi connectivity index (χ2v) is 5.96. The van der Waals surface area contributed by atoms with Crippen LogP contribution in [0.1, 0.15) is 6.92 Å². The Labute approximate surface area is 96.7 Å². The quantitative estimate of drug-likeness (QED) is 0.679. The third-order valence-electron chi connectivity index (χ3n) is 2.61. The summed E-state index contributed by atoms with van der Waals surface area (Å²) in [6.07, 6.45) is -0.200. The Hall–Kier alpha value is -0.210. The molecule has 0 aromatic heterocycles. The lowest BCUT2D eigenvalue weighted by Gasteiger charge is -2.36. The van der Waals surface area contributed by atoms with Gasteiger partial charge in [-0.25, -0.2) is 8.42 Å². The molecule has 96 valence electrons. The summed E-state index contributed by atoms with van der Waals surface area (Å²) in [5, 5.41) is 0. The van der Waals surface area contributed by atoms with Gasteiger partial charge in [0, 0.05) is 26.2 Å². The van der Waals surface area contributed by atoms with Gasteiger partial charge in [0.05, 0.1) is 25.1 Å². The van der Waals surface area contributed by atoms with Crippen LogP contribution >= 0.6 is 0 Å². The van der Waals surface area contributed by atoms with E-state index in [0.29, 0.717) is 19.7 Å². The highest BCUT2D eigenvalue weighted by atomic mass is 32.2. The Morgan fingerprint density at radius 2 is 2.25 bits per heavy atom. The van der Waals surface area contributed by atoms with Crippen molar-refractivity contribution in [2.75, 3.05) is 39.2 Å². The summed E-state index contributed by atoms with van der Waals surface area (Å²) in [5.74, 6) is 0.00509. The summed E-state index contributed by atoms with van der Waals surface area (Å²) in [7, 11) is -1.78. The lowest BCUT2D eigenvalue weighted by atomic mass is 10.2. The van der Waals surface area contributed by atoms with Crippen LogP contribution in [-0.2, 0) is 19.5 Å². The smallest absolute Gasteiger partial charge is 0.216 e. The predicted octanol–water partition coefficient (Wildman–Crippen LogP) is -0.989. The number of nitrogens with two attached hydrogens (primary N) is 1. The first-order valence-corrected chi connectivity index (χ1v) is 6.92. The fourth-order valence-corrected chi connectivity index (χ4v) is 3.24. The Kier molecular flexibility index (Phi) is 5.13. The fraction of sp³-hybridized carbons (Fsp3) is 1.00. The van der Waals surface area contributed by atoms with Crippen molar-refractivity contribution < 1.29 is 17.9 Å². The van der Waals surface area contributed by atoms with E-state index in [1.807, 2.05) is 6.92 Å². The summed E-state index contributed by atoms with van der Waals surface area (Å²) in [5.41, 5.74) is 5.48. The number of sulfonamides is 1. The van der Waals surface area contributed by atoms with Crippen molar-refractivity contribution in [3.8, 4) is 0 Å². The van der Waals surface area contributed by atoms with Crippen LogP contribution in [0, 0.1) is 0 Å². The van der Waals surface area contributed by atoms with Gasteiger partial charge in [-0.15, -0.1) is 0 Å². The average Bonchev–Trinajstić information content (AvgIpc) is 2.27. The molecule has 1 fully saturated rings. The van der Waals surface area contributed by atoms with Gasteiger partial charge in [0.15, 0.2) is 0 Å². The third-order valence-corrected chi connectivity index (χ3v) is 4.52. The molecule has 0 aromatic rings. The molecule has 2 atom stereocenters. The number of morpholine rings is 1. The molecule has 7 heteroatoms. The minimum absolute atomic E-state index is 0.00509. The molecule has 0 saturated carbocycles. The van der Waals surface area contributed by atoms with Gasteiger partial charge in [0.2, 0.25) is 10.0 Å². The number of rotatable bonds is 5. The van der Waals surface area contributed by atoms with Crippen LogP contribution in [0.15, 0.2) is 0 Å². The molecule has 1 heterocycles. The van der Waals surface area contributed by atoms with Crippen LogP contribution in [0.4, 0.5) is 0 Å². The van der Waals surface area contributed by atoms with E-state index < -0.39 is 10.0 Å². The van der Waals surface area contributed by atoms with E-state index in [0.717, 1.165) is 0 Å². The van der Waals surface area contributed by atoms with E-state index in [-0.39, 0.29) is 24.5 Å². The molecule has 0 radical (unpaired) electrons. The number of hydrogen-bond acceptors (Lipinski definition) is 5. The summed E-state index contributed by atoms with van der Waals surface area (Å²) >= 11 is 0. The van der Waals surface area contributed by atoms with Gasteiger partial charge in [-0.2, -0.15) is 4.31 Å². The van der Waals surface area contributed by atoms with Gasteiger partial charge in [-0.05, 0) is 6.92 Å². The van der Waals surface area contributed by atoms with Gasteiger partial charge in [0.1, 0.15) is 0 Å². The molecule has 0 aromatic carbocycles. The number of hydrogen-bond donors (Lipinski definition) is 1. The maximum absolute atomic E-state index is 12.0. The maximum Gasteiger partial charge on any atom is 0.216 e. The zero-order valence-electron chi connectivity index (χ0n) is 9.76. The van der Waals surface area contributed by atoms with Crippen molar-refractivity contribution in [2.45, 2.75) is 19.1 Å². The van der Waals surface area contributed by atoms with Crippen molar-refractivity contribution in [1.29, 1.82) is 0 Å². The second kappa shape index (κ2) is 5.92. The summed E-state index contributed by atoms with van der Waals surface area (Å²) < 4.78 is 35.6. The molecule has 2 unspecified atom stereocenters. The van der Waals surface area contributed by atoms with Gasteiger partial charge in [-0.3, -0.25) is 0 Å². The molecule has 6 nitrogen and oxygen atoms in total. The highest BCUT2D eigenvalue weighted by Crippen LogP contribution is 2.15. The molecule has 1 aliphatic heterocycles. The molecule has 1 saturated heterocycles. The van der Waals surface area contributed by atoms with Crippen molar-refractivity contribution in [3.63, 3.8) is 0 Å². The average molecular weight is 252 g/mol. The van der Waals surface area contributed by atoms with Crippen LogP contribution in [0.3, 0.4) is 0 Å². The predicted molar refractivity (Wildman–Crippen MR) is 60.6 cm³/mol. The number of ether oxygens (including phenoxy) is 2. The Balaban J connectivity index is 2.68. The van der Waals surface area contributed by atoms with Gasteiger partial charge >= 0.3 is 0 Å². The zero-order chi connectivity index (χ0) is 12.2. The van der Waals surface area contributed by atoms with Crippen molar-refractivity contribution in [1.82, 2.24) is 4.31 Å². The van der Waals surface area contributed by atoms with Crippen LogP contribution in [-0.4, -0.2) is 64.0 Å². The van der Waals surface area contributed by atoms with Gasteiger partial charge in [0.25, 0.3) is 0 Å².